The van der Waals surface area contributed by atoms with Crippen molar-refractivity contribution in [3.63, 3.8) is 0 Å². The molecule has 168 valence electrons. The standard InChI is InChI=1S/C14H13NO2.C8H10AsNO5/c16-14(17)8-9-5-6-13-11(7-9)10-3-1-2-4-12(10)15-13;1-5(11)10-7-4-2-3-6(8(7)12)9(13,14)15/h1-4,6,9H,5,7-8H2,(H,16,17);2-4,12H,1H3,(H,10,11)(H2,13,14,15). The first kappa shape index (κ1) is 23.5. The molecular weight excluding hydrogens is 479 g/mol. The fraction of sp³-hybridized carbons (Fsp3) is 0.227. The number of nitrogens with zero attached hydrogens (tertiary/aromatic N) is 1. The van der Waals surface area contributed by atoms with E-state index in [1.165, 1.54) is 29.8 Å². The third-order valence-electron chi connectivity index (χ3n) is 5.02. The summed E-state index contributed by atoms with van der Waals surface area (Å²) in [6, 6.07) is 11.9. The number of carbonyl (C=O) groups excluding carboxylic acids is 1. The Balaban J connectivity index is 0.000000183. The van der Waals surface area contributed by atoms with Crippen LogP contribution >= 0.6 is 0 Å². The number of phenolic OH excluding ortho intramolecular Hbond substituents is 1. The number of hydrogen-bond acceptors (Lipinski definition) is 5. The summed E-state index contributed by atoms with van der Waals surface area (Å²) in [6.45, 7) is 1.23. The molecule has 10 heteroatoms. The molecule has 0 spiro atoms. The van der Waals surface area contributed by atoms with E-state index in [0.717, 1.165) is 30.0 Å². The van der Waals surface area contributed by atoms with Gasteiger partial charge in [0.05, 0.1) is 11.1 Å². The third kappa shape index (κ3) is 5.56. The van der Waals surface area contributed by atoms with E-state index in [0.29, 0.717) is 0 Å². The Labute approximate surface area is 186 Å². The van der Waals surface area contributed by atoms with E-state index < -0.39 is 36.1 Å². The van der Waals surface area contributed by atoms with Crippen molar-refractivity contribution in [3.05, 3.63) is 64.8 Å². The number of allylic oxidation sites excluding steroid dienone is 2. The molecule has 2 aromatic carbocycles. The molecule has 1 atom stereocenters. The van der Waals surface area contributed by atoms with Crippen molar-refractivity contribution in [2.45, 2.75) is 26.2 Å². The molecule has 32 heavy (non-hydrogen) atoms. The predicted octanol–water partition coefficient (Wildman–Crippen LogP) is 0.151. The molecule has 0 radical (unpaired) electrons. The molecule has 0 fully saturated rings. The summed E-state index contributed by atoms with van der Waals surface area (Å²) in [6.07, 6.45) is 3.98. The molecule has 4 rings (SSSR count). The van der Waals surface area contributed by atoms with Gasteiger partial charge in [0.1, 0.15) is 0 Å². The number of rotatable bonds is 4. The van der Waals surface area contributed by atoms with Gasteiger partial charge in [-0.25, -0.2) is 4.99 Å². The number of fused-ring (bicyclic) bond motifs is 2. The first-order valence-electron chi connectivity index (χ1n) is 9.81. The van der Waals surface area contributed by atoms with Crippen LogP contribution in [0.2, 0.25) is 0 Å². The molecule has 0 aromatic heterocycles. The van der Waals surface area contributed by atoms with Crippen molar-refractivity contribution in [2.24, 2.45) is 10.9 Å². The van der Waals surface area contributed by atoms with Crippen molar-refractivity contribution in [2.75, 3.05) is 5.32 Å². The Kier molecular flexibility index (Phi) is 7.03. The van der Waals surface area contributed by atoms with E-state index in [4.69, 9.17) is 13.3 Å². The zero-order valence-electron chi connectivity index (χ0n) is 17.2. The molecule has 2 aromatic rings. The minimum absolute atomic E-state index is 0.00951. The van der Waals surface area contributed by atoms with Crippen molar-refractivity contribution in [1.29, 1.82) is 0 Å². The fourth-order valence-corrected chi connectivity index (χ4v) is 5.07. The Hall–Kier alpha value is -3.13. The van der Waals surface area contributed by atoms with Crippen LogP contribution in [0.3, 0.4) is 0 Å². The van der Waals surface area contributed by atoms with E-state index in [9.17, 15) is 18.4 Å². The molecule has 1 heterocycles. The quantitative estimate of drug-likeness (QED) is 0.294. The van der Waals surface area contributed by atoms with Crippen molar-refractivity contribution < 1.29 is 31.7 Å². The molecule has 2 aliphatic rings. The maximum atomic E-state index is 11.0. The zero-order chi connectivity index (χ0) is 23.5. The van der Waals surface area contributed by atoms with Crippen LogP contribution in [-0.4, -0.2) is 44.5 Å². The predicted molar refractivity (Wildman–Crippen MR) is 117 cm³/mol. The molecule has 1 aliphatic carbocycles. The number of anilines is 1. The maximum absolute atomic E-state index is 11.0. The number of para-hydroxylation sites is 2. The number of phenols is 1. The average molecular weight is 502 g/mol. The fourth-order valence-electron chi connectivity index (χ4n) is 3.65. The topological polar surface area (TPSA) is 157 Å². The molecule has 0 saturated heterocycles. The van der Waals surface area contributed by atoms with Gasteiger partial charge in [-0.3, -0.25) is 4.79 Å². The van der Waals surface area contributed by atoms with Crippen LogP contribution in [0.25, 0.3) is 5.57 Å². The molecule has 0 bridgehead atoms. The van der Waals surface area contributed by atoms with E-state index in [1.807, 2.05) is 18.2 Å². The summed E-state index contributed by atoms with van der Waals surface area (Å²) >= 11 is -5.15. The monoisotopic (exact) mass is 502 g/mol. The Bertz CT molecular complexity index is 1260. The Morgan fingerprint density at radius 2 is 1.88 bits per heavy atom. The first-order chi connectivity index (χ1) is 15.1. The van der Waals surface area contributed by atoms with Crippen LogP contribution in [0, 0.1) is 5.92 Å². The summed E-state index contributed by atoms with van der Waals surface area (Å²) in [5.41, 5.74) is 2.26. The largest absolute Gasteiger partial charge is 0.481 e. The average Bonchev–Trinajstić information content (AvgIpc) is 3.06. The van der Waals surface area contributed by atoms with Crippen molar-refractivity contribution >= 4 is 41.7 Å². The van der Waals surface area contributed by atoms with Gasteiger partial charge in [0.25, 0.3) is 0 Å². The SMILES string of the molecule is CC(=O)Nc1cccc([As](=O)(O)O)c1O.O=C(O)CC1CC=C2N=c3ccccc3=C2C1. The van der Waals surface area contributed by atoms with E-state index in [-0.39, 0.29) is 18.0 Å². The molecule has 0 saturated carbocycles. The molecule has 5 N–H and O–H groups in total. The van der Waals surface area contributed by atoms with Gasteiger partial charge in [-0.15, -0.1) is 0 Å². The van der Waals surface area contributed by atoms with Gasteiger partial charge in [0.2, 0.25) is 0 Å². The number of carbonyl (C=O) groups is 2. The molecule has 1 aliphatic heterocycles. The number of amides is 1. The van der Waals surface area contributed by atoms with Gasteiger partial charge in [0.15, 0.2) is 0 Å². The normalized spacial score (nSPS) is 16.5. The number of carboxylic acid groups (broad SMARTS) is 1. The molecule has 1 amide bonds. The van der Waals surface area contributed by atoms with E-state index in [1.54, 1.807) is 0 Å². The molecule has 9 nitrogen and oxygen atoms in total. The van der Waals surface area contributed by atoms with Gasteiger partial charge >= 0.3 is 94.1 Å². The molecule has 1 unspecified atom stereocenters. The van der Waals surface area contributed by atoms with Gasteiger partial charge in [-0.05, 0) is 30.4 Å². The summed E-state index contributed by atoms with van der Waals surface area (Å²) in [5, 5.41) is 22.8. The number of benzene rings is 2. The second-order valence-corrected chi connectivity index (χ2v) is 10.8. The third-order valence-corrected chi connectivity index (χ3v) is 7.09. The van der Waals surface area contributed by atoms with E-state index >= 15 is 0 Å². The smallest absolute Gasteiger partial charge is 0.303 e. The van der Waals surface area contributed by atoms with Crippen LogP contribution in [-0.2, 0) is 13.3 Å². The van der Waals surface area contributed by atoms with Gasteiger partial charge in [0, 0.05) is 11.6 Å². The minimum Gasteiger partial charge on any atom is -0.481 e. The Morgan fingerprint density at radius 1 is 1.16 bits per heavy atom. The number of hydrogen-bond donors (Lipinski definition) is 5. The zero-order valence-corrected chi connectivity index (χ0v) is 19.1. The van der Waals surface area contributed by atoms with Crippen LogP contribution in [0.5, 0.6) is 5.75 Å². The summed E-state index contributed by atoms with van der Waals surface area (Å²) in [4.78, 5) is 26.0. The Morgan fingerprint density at radius 3 is 2.53 bits per heavy atom. The van der Waals surface area contributed by atoms with E-state index in [2.05, 4.69) is 22.5 Å². The van der Waals surface area contributed by atoms with Crippen molar-refractivity contribution in [1.82, 2.24) is 0 Å². The van der Waals surface area contributed by atoms with Crippen LogP contribution in [0.15, 0.2) is 59.2 Å². The second kappa shape index (κ2) is 9.56. The first-order valence-corrected chi connectivity index (χ1v) is 13.2. The van der Waals surface area contributed by atoms with Gasteiger partial charge in [-0.1, -0.05) is 24.3 Å². The van der Waals surface area contributed by atoms with Crippen LogP contribution in [0.1, 0.15) is 26.2 Å². The number of aromatic hydroxyl groups is 1. The van der Waals surface area contributed by atoms with Crippen LogP contribution < -0.4 is 20.2 Å². The van der Waals surface area contributed by atoms with Gasteiger partial charge in [-0.2, -0.15) is 0 Å². The summed E-state index contributed by atoms with van der Waals surface area (Å²) < 4.78 is 28.4. The van der Waals surface area contributed by atoms with Crippen molar-refractivity contribution in [3.8, 4) is 5.75 Å². The number of aliphatic carboxylic acids is 1. The summed E-state index contributed by atoms with van der Waals surface area (Å²) in [7, 11) is 0. The number of nitrogens with one attached hydrogen (secondary N) is 1. The van der Waals surface area contributed by atoms with Crippen LogP contribution in [0.4, 0.5) is 5.69 Å². The number of carboxylic acids is 1. The molecular formula is C22H23AsN2O7. The maximum Gasteiger partial charge on any atom is 0.303 e. The minimum atomic E-state index is -5.15. The summed E-state index contributed by atoms with van der Waals surface area (Å²) in [5.74, 6) is -1.51. The second-order valence-electron chi connectivity index (χ2n) is 7.50. The van der Waals surface area contributed by atoms with Gasteiger partial charge < -0.3 is 5.11 Å².